The number of anilines is 1. The van der Waals surface area contributed by atoms with Crippen molar-refractivity contribution < 1.29 is 4.79 Å². The molecule has 31 heavy (non-hydrogen) atoms. The summed E-state index contributed by atoms with van der Waals surface area (Å²) in [5.41, 5.74) is 3.56. The first kappa shape index (κ1) is 22.2. The van der Waals surface area contributed by atoms with Crippen LogP contribution in [0.3, 0.4) is 0 Å². The Morgan fingerprint density at radius 2 is 1.84 bits per heavy atom. The molecule has 0 spiro atoms. The summed E-state index contributed by atoms with van der Waals surface area (Å²) < 4.78 is 1.77. The van der Waals surface area contributed by atoms with Gasteiger partial charge >= 0.3 is 0 Å². The van der Waals surface area contributed by atoms with E-state index in [1.165, 1.54) is 5.56 Å². The van der Waals surface area contributed by atoms with Crippen LogP contribution in [0.15, 0.2) is 60.9 Å². The predicted molar refractivity (Wildman–Crippen MR) is 124 cm³/mol. The molecule has 0 saturated heterocycles. The SMILES string of the molecule is CCN(CC)Cc1ccccc1CNC(=O)c1cccc(NC(=N)c2nccn2C)c1. The van der Waals surface area contributed by atoms with Crippen molar-refractivity contribution in [3.8, 4) is 0 Å². The highest BCUT2D eigenvalue weighted by molar-refractivity contribution is 6.04. The molecule has 3 rings (SSSR count). The molecule has 162 valence electrons. The maximum Gasteiger partial charge on any atom is 0.251 e. The van der Waals surface area contributed by atoms with Gasteiger partial charge in [-0.15, -0.1) is 0 Å². The molecular formula is C24H30N6O. The molecule has 1 heterocycles. The van der Waals surface area contributed by atoms with Gasteiger partial charge in [0.2, 0.25) is 0 Å². The zero-order valence-electron chi connectivity index (χ0n) is 18.4. The highest BCUT2D eigenvalue weighted by atomic mass is 16.1. The Hall–Kier alpha value is -3.45. The van der Waals surface area contributed by atoms with Crippen LogP contribution in [0.4, 0.5) is 5.69 Å². The molecule has 0 aliphatic rings. The van der Waals surface area contributed by atoms with Gasteiger partial charge in [0.25, 0.3) is 5.91 Å². The number of hydrogen-bond donors (Lipinski definition) is 3. The van der Waals surface area contributed by atoms with Crippen LogP contribution in [0.5, 0.6) is 0 Å². The predicted octanol–water partition coefficient (Wildman–Crippen LogP) is 3.63. The minimum absolute atomic E-state index is 0.148. The molecule has 1 amide bonds. The van der Waals surface area contributed by atoms with Gasteiger partial charge in [-0.1, -0.05) is 44.2 Å². The van der Waals surface area contributed by atoms with E-state index in [4.69, 9.17) is 5.41 Å². The molecule has 0 fully saturated rings. The number of amidine groups is 1. The van der Waals surface area contributed by atoms with Gasteiger partial charge in [0.05, 0.1) is 0 Å². The van der Waals surface area contributed by atoms with Crippen molar-refractivity contribution in [1.82, 2.24) is 19.8 Å². The summed E-state index contributed by atoms with van der Waals surface area (Å²) in [4.78, 5) is 19.3. The van der Waals surface area contributed by atoms with Gasteiger partial charge in [-0.2, -0.15) is 0 Å². The van der Waals surface area contributed by atoms with Crippen molar-refractivity contribution in [1.29, 1.82) is 5.41 Å². The third kappa shape index (κ3) is 5.79. The molecule has 1 aromatic heterocycles. The van der Waals surface area contributed by atoms with Gasteiger partial charge in [0.1, 0.15) is 0 Å². The number of nitrogens with one attached hydrogen (secondary N) is 3. The van der Waals surface area contributed by atoms with Crippen LogP contribution in [-0.2, 0) is 20.1 Å². The summed E-state index contributed by atoms with van der Waals surface area (Å²) in [6.45, 7) is 7.63. The van der Waals surface area contributed by atoms with Crippen molar-refractivity contribution in [3.63, 3.8) is 0 Å². The third-order valence-electron chi connectivity index (χ3n) is 5.29. The number of aromatic nitrogens is 2. The van der Waals surface area contributed by atoms with Crippen LogP contribution >= 0.6 is 0 Å². The molecule has 3 aromatic rings. The number of amides is 1. The fraction of sp³-hybridized carbons (Fsp3) is 0.292. The van der Waals surface area contributed by atoms with Gasteiger partial charge in [0, 0.05) is 43.8 Å². The Kier molecular flexibility index (Phi) is 7.56. The first-order valence-corrected chi connectivity index (χ1v) is 10.5. The van der Waals surface area contributed by atoms with Crippen molar-refractivity contribution >= 4 is 17.4 Å². The summed E-state index contributed by atoms with van der Waals surface area (Å²) in [7, 11) is 1.83. The van der Waals surface area contributed by atoms with Crippen LogP contribution in [0.2, 0.25) is 0 Å². The van der Waals surface area contributed by atoms with E-state index < -0.39 is 0 Å². The second-order valence-electron chi connectivity index (χ2n) is 7.36. The van der Waals surface area contributed by atoms with Crippen LogP contribution in [0.1, 0.15) is 41.2 Å². The lowest BCUT2D eigenvalue weighted by Gasteiger charge is -2.20. The lowest BCUT2D eigenvalue weighted by molar-refractivity contribution is 0.0950. The number of imidazole rings is 1. The molecule has 3 N–H and O–H groups in total. The highest BCUT2D eigenvalue weighted by Crippen LogP contribution is 2.14. The molecule has 0 atom stereocenters. The van der Waals surface area contributed by atoms with E-state index >= 15 is 0 Å². The van der Waals surface area contributed by atoms with Crippen molar-refractivity contribution in [2.24, 2.45) is 7.05 Å². The molecular weight excluding hydrogens is 388 g/mol. The van der Waals surface area contributed by atoms with Crippen LogP contribution in [0.25, 0.3) is 0 Å². The minimum Gasteiger partial charge on any atom is -0.348 e. The Bertz CT molecular complexity index is 1040. The Balaban J connectivity index is 1.65. The topological polar surface area (TPSA) is 86.0 Å². The van der Waals surface area contributed by atoms with Gasteiger partial charge in [-0.25, -0.2) is 4.98 Å². The first-order chi connectivity index (χ1) is 15.0. The average molecular weight is 419 g/mol. The van der Waals surface area contributed by atoms with Crippen molar-refractivity contribution in [3.05, 3.63) is 83.4 Å². The quantitative estimate of drug-likeness (QED) is 0.366. The maximum absolute atomic E-state index is 12.8. The van der Waals surface area contributed by atoms with E-state index in [1.807, 2.05) is 25.2 Å². The summed E-state index contributed by atoms with van der Waals surface area (Å²) >= 11 is 0. The van der Waals surface area contributed by atoms with Gasteiger partial charge in [-0.05, 0) is 42.4 Å². The van der Waals surface area contributed by atoms with Crippen LogP contribution < -0.4 is 10.6 Å². The number of hydrogen-bond acceptors (Lipinski definition) is 4. The molecule has 0 bridgehead atoms. The maximum atomic E-state index is 12.8. The number of aryl methyl sites for hydroxylation is 1. The second-order valence-corrected chi connectivity index (χ2v) is 7.36. The Morgan fingerprint density at radius 1 is 1.10 bits per heavy atom. The number of nitrogens with zero attached hydrogens (tertiary/aromatic N) is 3. The lowest BCUT2D eigenvalue weighted by atomic mass is 10.1. The molecule has 0 aliphatic carbocycles. The summed E-state index contributed by atoms with van der Waals surface area (Å²) in [5.74, 6) is 0.555. The van der Waals surface area contributed by atoms with Gasteiger partial charge in [0.15, 0.2) is 11.7 Å². The summed E-state index contributed by atoms with van der Waals surface area (Å²) in [6.07, 6.45) is 3.43. The van der Waals surface area contributed by atoms with Crippen LogP contribution in [0, 0.1) is 5.41 Å². The monoisotopic (exact) mass is 418 g/mol. The van der Waals surface area contributed by atoms with E-state index in [0.29, 0.717) is 23.6 Å². The molecule has 7 heteroatoms. The lowest BCUT2D eigenvalue weighted by Crippen LogP contribution is -2.26. The van der Waals surface area contributed by atoms with E-state index in [9.17, 15) is 4.79 Å². The third-order valence-corrected chi connectivity index (χ3v) is 5.29. The van der Waals surface area contributed by atoms with Gasteiger partial charge in [-0.3, -0.25) is 15.1 Å². The summed E-state index contributed by atoms with van der Waals surface area (Å²) in [6, 6.07) is 15.4. The van der Waals surface area contributed by atoms with Crippen molar-refractivity contribution in [2.45, 2.75) is 26.9 Å². The smallest absolute Gasteiger partial charge is 0.251 e. The van der Waals surface area contributed by atoms with Crippen LogP contribution in [-0.4, -0.2) is 39.3 Å². The van der Waals surface area contributed by atoms with E-state index in [-0.39, 0.29) is 11.7 Å². The highest BCUT2D eigenvalue weighted by Gasteiger charge is 2.11. The number of benzene rings is 2. The zero-order valence-corrected chi connectivity index (χ0v) is 18.4. The zero-order chi connectivity index (χ0) is 22.2. The normalized spacial score (nSPS) is 10.8. The molecule has 0 saturated carbocycles. The summed E-state index contributed by atoms with van der Waals surface area (Å²) in [5, 5.41) is 14.2. The van der Waals surface area contributed by atoms with Crippen molar-refractivity contribution in [2.75, 3.05) is 18.4 Å². The molecule has 7 nitrogen and oxygen atoms in total. The fourth-order valence-corrected chi connectivity index (χ4v) is 3.39. The number of carbonyl (C=O) groups is 1. The number of carbonyl (C=O) groups excluding carboxylic acids is 1. The largest absolute Gasteiger partial charge is 0.348 e. The van der Waals surface area contributed by atoms with E-state index in [0.717, 1.165) is 25.2 Å². The number of rotatable bonds is 9. The standard InChI is InChI=1S/C24H30N6O/c1-4-30(5-2)17-20-10-7-6-9-19(20)16-27-24(31)18-11-8-12-21(15-18)28-22(25)23-26-13-14-29(23)3/h6-15H,4-5,16-17H2,1-3H3,(H2,25,28)(H,27,31). The molecule has 0 unspecified atom stereocenters. The average Bonchev–Trinajstić information content (AvgIpc) is 3.22. The first-order valence-electron chi connectivity index (χ1n) is 10.5. The second kappa shape index (κ2) is 10.5. The Morgan fingerprint density at radius 3 is 2.52 bits per heavy atom. The minimum atomic E-state index is -0.148. The molecule has 0 radical (unpaired) electrons. The van der Waals surface area contributed by atoms with E-state index in [1.54, 1.807) is 35.2 Å². The molecule has 0 aliphatic heterocycles. The van der Waals surface area contributed by atoms with E-state index in [2.05, 4.69) is 46.5 Å². The van der Waals surface area contributed by atoms with Gasteiger partial charge < -0.3 is 15.2 Å². The Labute approximate surface area is 183 Å². The molecule has 2 aromatic carbocycles. The fourth-order valence-electron chi connectivity index (χ4n) is 3.39.